The Kier molecular flexibility index (Phi) is 7.07. The average molecular weight is 496 g/mol. The van der Waals surface area contributed by atoms with E-state index in [4.69, 9.17) is 19.2 Å². The highest BCUT2D eigenvalue weighted by molar-refractivity contribution is 7.22. The molecule has 0 spiro atoms. The topological polar surface area (TPSA) is 90.7 Å². The predicted molar refractivity (Wildman–Crippen MR) is 134 cm³/mol. The Balaban J connectivity index is 1.43. The third-order valence-electron chi connectivity index (χ3n) is 6.27. The molecule has 0 saturated carbocycles. The van der Waals surface area contributed by atoms with Gasteiger partial charge in [0.05, 0.1) is 43.6 Å². The van der Waals surface area contributed by atoms with E-state index < -0.39 is 0 Å². The first-order chi connectivity index (χ1) is 17.2. The molecular weight excluding hydrogens is 466 g/mol. The number of tetrazole rings is 1. The van der Waals surface area contributed by atoms with Gasteiger partial charge < -0.3 is 19.1 Å². The van der Waals surface area contributed by atoms with E-state index in [0.29, 0.717) is 24.7 Å². The van der Waals surface area contributed by atoms with Crippen LogP contribution in [0.5, 0.6) is 11.5 Å². The molecule has 1 saturated heterocycles. The number of thiazole rings is 1. The minimum absolute atomic E-state index is 0.140. The number of piperazine rings is 1. The highest BCUT2D eigenvalue weighted by atomic mass is 32.1. The molecule has 0 N–H and O–H groups in total. The number of aromatic nitrogens is 5. The van der Waals surface area contributed by atoms with Crippen LogP contribution >= 0.6 is 11.3 Å². The van der Waals surface area contributed by atoms with Gasteiger partial charge in [-0.25, -0.2) is 9.67 Å². The van der Waals surface area contributed by atoms with E-state index in [1.807, 2.05) is 22.9 Å². The van der Waals surface area contributed by atoms with E-state index in [1.165, 1.54) is 4.70 Å². The molecule has 1 fully saturated rings. The molecule has 1 aliphatic rings. The number of benzene rings is 2. The van der Waals surface area contributed by atoms with Crippen LogP contribution in [0, 0.1) is 0 Å². The quantitative estimate of drug-likeness (QED) is 0.348. The Morgan fingerprint density at radius 2 is 1.77 bits per heavy atom. The molecule has 0 radical (unpaired) electrons. The number of anilines is 1. The lowest BCUT2D eigenvalue weighted by Crippen LogP contribution is -2.48. The lowest BCUT2D eigenvalue weighted by Gasteiger charge is -2.38. The Hall–Kier alpha value is -3.28. The molecule has 184 valence electrons. The number of ether oxygens (including phenoxy) is 3. The van der Waals surface area contributed by atoms with Crippen LogP contribution in [0.3, 0.4) is 0 Å². The van der Waals surface area contributed by atoms with Crippen molar-refractivity contribution in [3.8, 4) is 11.5 Å². The largest absolute Gasteiger partial charge is 0.493 e. The molecule has 0 amide bonds. The predicted octanol–water partition coefficient (Wildman–Crippen LogP) is 2.86. The monoisotopic (exact) mass is 495 g/mol. The number of hydrogen-bond donors (Lipinski definition) is 0. The fourth-order valence-electron chi connectivity index (χ4n) is 4.46. The summed E-state index contributed by atoms with van der Waals surface area (Å²) in [6.07, 6.45) is 0. The maximum Gasteiger partial charge on any atom is 0.186 e. The Morgan fingerprint density at radius 3 is 2.51 bits per heavy atom. The van der Waals surface area contributed by atoms with E-state index in [0.717, 1.165) is 48.2 Å². The zero-order valence-corrected chi connectivity index (χ0v) is 20.9. The van der Waals surface area contributed by atoms with Crippen LogP contribution in [0.15, 0.2) is 42.5 Å². The Morgan fingerprint density at radius 1 is 0.971 bits per heavy atom. The highest BCUT2D eigenvalue weighted by Crippen LogP contribution is 2.36. The summed E-state index contributed by atoms with van der Waals surface area (Å²) < 4.78 is 19.4. The summed E-state index contributed by atoms with van der Waals surface area (Å²) >= 11 is 1.74. The Bertz CT molecular complexity index is 1240. The first-order valence-corrected chi connectivity index (χ1v) is 12.3. The second-order valence-corrected chi connectivity index (χ2v) is 9.27. The van der Waals surface area contributed by atoms with Crippen molar-refractivity contribution in [1.29, 1.82) is 0 Å². The van der Waals surface area contributed by atoms with Gasteiger partial charge in [-0.3, -0.25) is 4.90 Å². The van der Waals surface area contributed by atoms with Crippen LogP contribution in [0.2, 0.25) is 0 Å². The molecule has 2 aromatic heterocycles. The van der Waals surface area contributed by atoms with Gasteiger partial charge in [0.2, 0.25) is 0 Å². The molecule has 35 heavy (non-hydrogen) atoms. The first-order valence-electron chi connectivity index (χ1n) is 11.5. The van der Waals surface area contributed by atoms with Crippen molar-refractivity contribution in [2.24, 2.45) is 0 Å². The van der Waals surface area contributed by atoms with Crippen LogP contribution < -0.4 is 14.4 Å². The minimum atomic E-state index is -0.140. The van der Waals surface area contributed by atoms with Crippen molar-refractivity contribution >= 4 is 26.7 Å². The number of rotatable bonds is 9. The molecule has 4 aromatic rings. The number of methoxy groups -OCH3 is 3. The summed E-state index contributed by atoms with van der Waals surface area (Å²) in [6, 6.07) is 14.1. The molecule has 10 nitrogen and oxygen atoms in total. The van der Waals surface area contributed by atoms with Gasteiger partial charge in [0.15, 0.2) is 22.5 Å². The summed E-state index contributed by atoms with van der Waals surface area (Å²) in [7, 11) is 4.97. The molecule has 3 heterocycles. The van der Waals surface area contributed by atoms with Gasteiger partial charge >= 0.3 is 0 Å². The molecule has 0 unspecified atom stereocenters. The SMILES string of the molecule is COCCn1nnnc1[C@@H](c1ccc(OC)c(OC)c1)N1CCN(c2nc3ccccc3s2)CC1. The van der Waals surface area contributed by atoms with Crippen molar-refractivity contribution in [3.63, 3.8) is 0 Å². The van der Waals surface area contributed by atoms with Crippen LogP contribution in [0.1, 0.15) is 17.4 Å². The van der Waals surface area contributed by atoms with Gasteiger partial charge in [-0.15, -0.1) is 5.10 Å². The zero-order valence-electron chi connectivity index (χ0n) is 20.1. The minimum Gasteiger partial charge on any atom is -0.493 e. The van der Waals surface area contributed by atoms with Gasteiger partial charge in [-0.2, -0.15) is 0 Å². The smallest absolute Gasteiger partial charge is 0.186 e. The standard InChI is InChI=1S/C24H29N7O3S/c1-32-15-14-31-23(26-27-28-31)22(17-8-9-19(33-2)20(16-17)34-3)29-10-12-30(13-11-29)24-25-18-6-4-5-7-21(18)35-24/h4-9,16,22H,10-15H2,1-3H3/t22-/m1/s1. The first kappa shape index (κ1) is 23.5. The van der Waals surface area contributed by atoms with E-state index in [9.17, 15) is 0 Å². The van der Waals surface area contributed by atoms with Crippen molar-refractivity contribution in [3.05, 3.63) is 53.9 Å². The summed E-state index contributed by atoms with van der Waals surface area (Å²) in [5, 5.41) is 13.7. The van der Waals surface area contributed by atoms with Crippen LogP contribution in [-0.4, -0.2) is 84.2 Å². The van der Waals surface area contributed by atoms with Gasteiger partial charge in [0, 0.05) is 33.3 Å². The normalized spacial score (nSPS) is 15.5. The summed E-state index contributed by atoms with van der Waals surface area (Å²) in [5.74, 6) is 2.15. The summed E-state index contributed by atoms with van der Waals surface area (Å²) in [5.41, 5.74) is 2.10. The van der Waals surface area contributed by atoms with Gasteiger partial charge in [-0.05, 0) is 40.3 Å². The van der Waals surface area contributed by atoms with E-state index in [2.05, 4.69) is 49.6 Å². The second-order valence-electron chi connectivity index (χ2n) is 8.26. The van der Waals surface area contributed by atoms with E-state index >= 15 is 0 Å². The molecule has 11 heteroatoms. The number of para-hydroxylation sites is 1. The molecule has 0 aliphatic carbocycles. The third kappa shape index (κ3) is 4.79. The molecular formula is C24H29N7O3S. The van der Waals surface area contributed by atoms with Gasteiger partial charge in [-0.1, -0.05) is 29.5 Å². The molecule has 1 aliphatic heterocycles. The van der Waals surface area contributed by atoms with E-state index in [-0.39, 0.29) is 6.04 Å². The Labute approximate surface area is 208 Å². The highest BCUT2D eigenvalue weighted by Gasteiger charge is 2.32. The average Bonchev–Trinajstić information content (AvgIpc) is 3.55. The van der Waals surface area contributed by atoms with Crippen molar-refractivity contribution in [1.82, 2.24) is 30.1 Å². The molecule has 1 atom stereocenters. The van der Waals surface area contributed by atoms with Crippen molar-refractivity contribution in [2.75, 3.05) is 59.0 Å². The zero-order chi connectivity index (χ0) is 24.2. The summed E-state index contributed by atoms with van der Waals surface area (Å²) in [6.45, 7) is 4.51. The number of hydrogen-bond acceptors (Lipinski definition) is 10. The van der Waals surface area contributed by atoms with Crippen LogP contribution in [0.4, 0.5) is 5.13 Å². The lowest BCUT2D eigenvalue weighted by molar-refractivity contribution is 0.171. The lowest BCUT2D eigenvalue weighted by atomic mass is 10.0. The second kappa shape index (κ2) is 10.5. The fraction of sp³-hybridized carbons (Fsp3) is 0.417. The maximum absolute atomic E-state index is 5.59. The van der Waals surface area contributed by atoms with Crippen LogP contribution in [0.25, 0.3) is 10.2 Å². The molecule has 2 aromatic carbocycles. The molecule has 0 bridgehead atoms. The van der Waals surface area contributed by atoms with Gasteiger partial charge in [0.25, 0.3) is 0 Å². The number of nitrogens with zero attached hydrogens (tertiary/aromatic N) is 7. The van der Waals surface area contributed by atoms with Crippen LogP contribution in [-0.2, 0) is 11.3 Å². The fourth-order valence-corrected chi connectivity index (χ4v) is 5.47. The molecule has 5 rings (SSSR count). The van der Waals surface area contributed by atoms with Crippen molar-refractivity contribution in [2.45, 2.75) is 12.6 Å². The number of fused-ring (bicyclic) bond motifs is 1. The van der Waals surface area contributed by atoms with Gasteiger partial charge in [0.1, 0.15) is 0 Å². The van der Waals surface area contributed by atoms with E-state index in [1.54, 1.807) is 32.7 Å². The van der Waals surface area contributed by atoms with Crippen molar-refractivity contribution < 1.29 is 14.2 Å². The third-order valence-corrected chi connectivity index (χ3v) is 7.36. The summed E-state index contributed by atoms with van der Waals surface area (Å²) in [4.78, 5) is 9.63. The maximum atomic E-state index is 5.59.